The van der Waals surface area contributed by atoms with E-state index in [2.05, 4.69) is 10.3 Å². The van der Waals surface area contributed by atoms with Crippen molar-refractivity contribution in [1.82, 2.24) is 14.6 Å². The summed E-state index contributed by atoms with van der Waals surface area (Å²) >= 11 is 0. The van der Waals surface area contributed by atoms with Crippen LogP contribution >= 0.6 is 0 Å². The fraction of sp³-hybridized carbons (Fsp3) is 0.600. The summed E-state index contributed by atoms with van der Waals surface area (Å²) in [4.78, 5) is 0.160. The van der Waals surface area contributed by atoms with Gasteiger partial charge in [0.05, 0.1) is 11.7 Å². The largest absolute Gasteiger partial charge is 0.360 e. The lowest BCUT2D eigenvalue weighted by Gasteiger charge is -2.21. The highest BCUT2D eigenvalue weighted by atomic mass is 32.2. The Morgan fingerprint density at radius 1 is 1.26 bits per heavy atom. The molecule has 0 bridgehead atoms. The van der Waals surface area contributed by atoms with E-state index < -0.39 is 10.0 Å². The summed E-state index contributed by atoms with van der Waals surface area (Å²) in [5.41, 5.74) is 1.22. The highest BCUT2D eigenvalue weighted by Crippen LogP contribution is 2.38. The fourth-order valence-electron chi connectivity index (χ4n) is 3.01. The summed E-state index contributed by atoms with van der Waals surface area (Å²) in [6.07, 6.45) is 1.50. The minimum absolute atomic E-state index is 0.160. The van der Waals surface area contributed by atoms with Crippen molar-refractivity contribution >= 4 is 10.0 Å². The summed E-state index contributed by atoms with van der Waals surface area (Å²) in [7, 11) is -3.68. The van der Waals surface area contributed by atoms with Crippen LogP contribution in [0.2, 0.25) is 0 Å². The fourth-order valence-corrected chi connectivity index (χ4v) is 4.96. The Morgan fingerprint density at radius 2 is 2.00 bits per heavy atom. The van der Waals surface area contributed by atoms with Crippen LogP contribution in [-0.2, 0) is 10.0 Å². The molecule has 0 radical (unpaired) electrons. The van der Waals surface area contributed by atoms with Gasteiger partial charge in [-0.3, -0.25) is 0 Å². The lowest BCUT2D eigenvalue weighted by atomic mass is 10.1. The Balaban J connectivity index is 1.98. The average Bonchev–Trinajstić information content (AvgIpc) is 3.17. The van der Waals surface area contributed by atoms with Crippen LogP contribution in [0.5, 0.6) is 0 Å². The molecule has 3 rings (SSSR count). The van der Waals surface area contributed by atoms with Crippen LogP contribution in [0.3, 0.4) is 0 Å². The van der Waals surface area contributed by atoms with Crippen molar-refractivity contribution in [1.29, 1.82) is 0 Å². The van der Waals surface area contributed by atoms with Gasteiger partial charge in [0.15, 0.2) is 11.5 Å². The van der Waals surface area contributed by atoms with Crippen molar-refractivity contribution < 1.29 is 17.5 Å². The van der Waals surface area contributed by atoms with E-state index >= 15 is 0 Å². The van der Waals surface area contributed by atoms with Gasteiger partial charge in [-0.25, -0.2) is 8.42 Å². The molecule has 1 atom stereocenters. The van der Waals surface area contributed by atoms with Gasteiger partial charge in [-0.15, -0.1) is 0 Å². The number of rotatable bonds is 4. The van der Waals surface area contributed by atoms with Crippen molar-refractivity contribution in [2.45, 2.75) is 57.4 Å². The van der Waals surface area contributed by atoms with Crippen molar-refractivity contribution in [3.05, 3.63) is 29.0 Å². The highest BCUT2D eigenvalue weighted by molar-refractivity contribution is 7.89. The van der Waals surface area contributed by atoms with Gasteiger partial charge in [0.25, 0.3) is 0 Å². The van der Waals surface area contributed by atoms with Crippen molar-refractivity contribution in [2.75, 3.05) is 6.54 Å². The summed E-state index contributed by atoms with van der Waals surface area (Å²) in [6, 6.07) is 1.53. The Kier molecular flexibility index (Phi) is 4.05. The molecule has 0 amide bonds. The Labute approximate surface area is 135 Å². The topological polar surface area (TPSA) is 89.4 Å². The Morgan fingerprint density at radius 3 is 2.57 bits per heavy atom. The van der Waals surface area contributed by atoms with Crippen LogP contribution in [0.1, 0.15) is 61.6 Å². The molecule has 2 aromatic rings. The molecule has 8 heteroatoms. The second kappa shape index (κ2) is 5.76. The van der Waals surface area contributed by atoms with E-state index in [9.17, 15) is 8.42 Å². The molecule has 0 aliphatic carbocycles. The standard InChI is InChI=1S/C15H21N3O4S/c1-9(2)12-8-14(22-17-12)13-6-5-7-18(13)23(19,20)15-10(3)16-21-11(15)4/h8-9,13H,5-7H2,1-4H3. The molecule has 1 saturated heterocycles. The average molecular weight is 339 g/mol. The molecule has 23 heavy (non-hydrogen) atoms. The van der Waals surface area contributed by atoms with E-state index in [4.69, 9.17) is 9.05 Å². The van der Waals surface area contributed by atoms with E-state index in [-0.39, 0.29) is 16.9 Å². The predicted molar refractivity (Wildman–Crippen MR) is 82.4 cm³/mol. The molecule has 1 unspecified atom stereocenters. The minimum Gasteiger partial charge on any atom is -0.360 e. The van der Waals surface area contributed by atoms with Gasteiger partial charge >= 0.3 is 0 Å². The van der Waals surface area contributed by atoms with E-state index in [0.717, 1.165) is 18.5 Å². The van der Waals surface area contributed by atoms with Crippen LogP contribution in [0.25, 0.3) is 0 Å². The van der Waals surface area contributed by atoms with Gasteiger partial charge in [0.1, 0.15) is 10.6 Å². The molecular formula is C15H21N3O4S. The molecule has 126 valence electrons. The molecule has 2 aromatic heterocycles. The first-order valence-electron chi connectivity index (χ1n) is 7.73. The maximum atomic E-state index is 13.0. The van der Waals surface area contributed by atoms with Gasteiger partial charge in [-0.05, 0) is 32.6 Å². The summed E-state index contributed by atoms with van der Waals surface area (Å²) in [5, 5.41) is 7.81. The molecule has 1 aliphatic heterocycles. The zero-order valence-corrected chi connectivity index (χ0v) is 14.6. The summed E-state index contributed by atoms with van der Waals surface area (Å²) in [5.74, 6) is 1.15. The zero-order chi connectivity index (χ0) is 16.8. The van der Waals surface area contributed by atoms with Crippen molar-refractivity contribution in [3.63, 3.8) is 0 Å². The second-order valence-corrected chi connectivity index (χ2v) is 8.06. The van der Waals surface area contributed by atoms with Gasteiger partial charge < -0.3 is 9.05 Å². The first kappa shape index (κ1) is 16.2. The smallest absolute Gasteiger partial charge is 0.249 e. The molecule has 3 heterocycles. The van der Waals surface area contributed by atoms with Gasteiger partial charge in [-0.2, -0.15) is 4.31 Å². The Hall–Kier alpha value is -1.67. The molecule has 0 saturated carbocycles. The number of nitrogens with zero attached hydrogens (tertiary/aromatic N) is 3. The maximum Gasteiger partial charge on any atom is 0.249 e. The third-order valence-electron chi connectivity index (χ3n) is 4.20. The van der Waals surface area contributed by atoms with E-state index in [1.54, 1.807) is 13.8 Å². The first-order valence-corrected chi connectivity index (χ1v) is 9.17. The molecule has 0 aromatic carbocycles. The van der Waals surface area contributed by atoms with E-state index in [1.165, 1.54) is 4.31 Å². The van der Waals surface area contributed by atoms with E-state index in [0.29, 0.717) is 23.8 Å². The van der Waals surface area contributed by atoms with Crippen LogP contribution in [0.15, 0.2) is 20.0 Å². The number of hydrogen-bond acceptors (Lipinski definition) is 6. The van der Waals surface area contributed by atoms with Gasteiger partial charge in [0, 0.05) is 12.6 Å². The lowest BCUT2D eigenvalue weighted by molar-refractivity contribution is 0.295. The highest BCUT2D eigenvalue weighted by Gasteiger charge is 2.41. The predicted octanol–water partition coefficient (Wildman–Crippen LogP) is 2.93. The van der Waals surface area contributed by atoms with Gasteiger partial charge in [-0.1, -0.05) is 24.2 Å². The maximum absolute atomic E-state index is 13.0. The summed E-state index contributed by atoms with van der Waals surface area (Å²) in [6.45, 7) is 7.75. The van der Waals surface area contributed by atoms with Gasteiger partial charge in [0.2, 0.25) is 10.0 Å². The second-order valence-electron chi connectivity index (χ2n) is 6.24. The number of sulfonamides is 1. The summed E-state index contributed by atoms with van der Waals surface area (Å²) < 4.78 is 38.0. The molecule has 1 aliphatic rings. The molecule has 0 spiro atoms. The van der Waals surface area contributed by atoms with E-state index in [1.807, 2.05) is 19.9 Å². The SMILES string of the molecule is Cc1noc(C)c1S(=O)(=O)N1CCCC1c1cc(C(C)C)no1. The molecule has 0 N–H and O–H groups in total. The lowest BCUT2D eigenvalue weighted by Crippen LogP contribution is -2.31. The number of aromatic nitrogens is 2. The number of hydrogen-bond donors (Lipinski definition) is 0. The Bertz CT molecular complexity index is 787. The monoisotopic (exact) mass is 339 g/mol. The molecule has 7 nitrogen and oxygen atoms in total. The third kappa shape index (κ3) is 2.70. The third-order valence-corrected chi connectivity index (χ3v) is 6.36. The van der Waals surface area contributed by atoms with Crippen LogP contribution in [-0.4, -0.2) is 29.6 Å². The zero-order valence-electron chi connectivity index (χ0n) is 13.7. The van der Waals surface area contributed by atoms with Crippen LogP contribution < -0.4 is 0 Å². The van der Waals surface area contributed by atoms with Crippen LogP contribution in [0, 0.1) is 13.8 Å². The normalized spacial score (nSPS) is 19.8. The van der Waals surface area contributed by atoms with Crippen molar-refractivity contribution in [3.8, 4) is 0 Å². The molecular weight excluding hydrogens is 318 g/mol. The first-order chi connectivity index (χ1) is 10.8. The number of aryl methyl sites for hydroxylation is 2. The molecule has 1 fully saturated rings. The minimum atomic E-state index is -3.68. The quantitative estimate of drug-likeness (QED) is 0.851. The van der Waals surface area contributed by atoms with Crippen LogP contribution in [0.4, 0.5) is 0 Å². The van der Waals surface area contributed by atoms with Crippen molar-refractivity contribution in [2.24, 2.45) is 0 Å².